The Kier molecular flexibility index (Phi) is 3.94. The summed E-state index contributed by atoms with van der Waals surface area (Å²) >= 11 is 1.99. The summed E-state index contributed by atoms with van der Waals surface area (Å²) in [4.78, 5) is 11.1. The number of thioether (sulfide) groups is 1. The van der Waals surface area contributed by atoms with E-state index in [0.717, 1.165) is 16.9 Å². The van der Waals surface area contributed by atoms with E-state index in [1.165, 1.54) is 24.9 Å². The Balaban J connectivity index is 2.09. The minimum atomic E-state index is -0.0262. The predicted molar refractivity (Wildman–Crippen MR) is 74.8 cm³/mol. The fourth-order valence-corrected chi connectivity index (χ4v) is 3.07. The summed E-state index contributed by atoms with van der Waals surface area (Å²) in [6, 6.07) is 6.69. The zero-order chi connectivity index (χ0) is 12.3. The molecular formula is C13H18N2OS. The normalized spacial score (nSPS) is 19.1. The van der Waals surface area contributed by atoms with Gasteiger partial charge in [0, 0.05) is 30.1 Å². The highest BCUT2D eigenvalue weighted by Gasteiger charge is 2.15. The van der Waals surface area contributed by atoms with Crippen LogP contribution >= 0.6 is 11.8 Å². The third-order valence-corrected chi connectivity index (χ3v) is 4.01. The van der Waals surface area contributed by atoms with Crippen LogP contribution in [0.1, 0.15) is 18.9 Å². The van der Waals surface area contributed by atoms with E-state index in [0.29, 0.717) is 6.04 Å². The van der Waals surface area contributed by atoms with E-state index in [9.17, 15) is 4.79 Å². The standard InChI is InChI=1S/C13H18N2OS/c1-9-3-4-11(7-13(9)14-10(2)16)15-12-5-6-17-8-12/h3-4,7,12,15H,5-6,8H2,1-2H3,(H,14,16). The molecule has 92 valence electrons. The Hall–Kier alpha value is -1.16. The molecule has 1 aliphatic heterocycles. The largest absolute Gasteiger partial charge is 0.381 e. The minimum Gasteiger partial charge on any atom is -0.381 e. The molecule has 1 unspecified atom stereocenters. The lowest BCUT2D eigenvalue weighted by Crippen LogP contribution is -2.18. The molecule has 1 saturated heterocycles. The average molecular weight is 250 g/mol. The van der Waals surface area contributed by atoms with Gasteiger partial charge in [-0.2, -0.15) is 11.8 Å². The molecule has 1 aromatic rings. The summed E-state index contributed by atoms with van der Waals surface area (Å²) in [5.41, 5.74) is 3.08. The maximum absolute atomic E-state index is 11.1. The van der Waals surface area contributed by atoms with Crippen LogP contribution in [0.2, 0.25) is 0 Å². The Bertz CT molecular complexity index is 414. The van der Waals surface area contributed by atoms with E-state index in [2.05, 4.69) is 16.7 Å². The van der Waals surface area contributed by atoms with Gasteiger partial charge in [-0.05, 0) is 36.8 Å². The van der Waals surface area contributed by atoms with Crippen LogP contribution in [0.4, 0.5) is 11.4 Å². The Labute approximate surface area is 106 Å². The van der Waals surface area contributed by atoms with Crippen LogP contribution in [-0.2, 0) is 4.79 Å². The summed E-state index contributed by atoms with van der Waals surface area (Å²) in [5.74, 6) is 2.38. The number of anilines is 2. The summed E-state index contributed by atoms with van der Waals surface area (Å²) in [6.45, 7) is 3.54. The van der Waals surface area contributed by atoms with Crippen molar-refractivity contribution in [2.75, 3.05) is 22.1 Å². The Morgan fingerprint density at radius 2 is 2.29 bits per heavy atom. The first-order valence-electron chi connectivity index (χ1n) is 5.87. The second-order valence-corrected chi connectivity index (χ2v) is 5.57. The highest BCUT2D eigenvalue weighted by atomic mass is 32.2. The van der Waals surface area contributed by atoms with E-state index in [1.807, 2.05) is 30.8 Å². The van der Waals surface area contributed by atoms with Crippen molar-refractivity contribution in [3.05, 3.63) is 23.8 Å². The second kappa shape index (κ2) is 5.45. The Morgan fingerprint density at radius 1 is 1.47 bits per heavy atom. The highest BCUT2D eigenvalue weighted by Crippen LogP contribution is 2.24. The SMILES string of the molecule is CC(=O)Nc1cc(NC2CCSC2)ccc1C. The van der Waals surface area contributed by atoms with Crippen LogP contribution in [-0.4, -0.2) is 23.5 Å². The summed E-state index contributed by atoms with van der Waals surface area (Å²) in [6.07, 6.45) is 1.22. The lowest BCUT2D eigenvalue weighted by molar-refractivity contribution is -0.114. The van der Waals surface area contributed by atoms with Gasteiger partial charge in [0.2, 0.25) is 5.91 Å². The third kappa shape index (κ3) is 3.40. The van der Waals surface area contributed by atoms with Crippen LogP contribution < -0.4 is 10.6 Å². The van der Waals surface area contributed by atoms with E-state index in [1.54, 1.807) is 0 Å². The van der Waals surface area contributed by atoms with Crippen molar-refractivity contribution in [3.63, 3.8) is 0 Å². The molecular weight excluding hydrogens is 232 g/mol. The van der Waals surface area contributed by atoms with Crippen molar-refractivity contribution >= 4 is 29.0 Å². The first-order valence-corrected chi connectivity index (χ1v) is 7.03. The van der Waals surface area contributed by atoms with Crippen LogP contribution in [0.5, 0.6) is 0 Å². The first-order chi connectivity index (χ1) is 8.15. The molecule has 17 heavy (non-hydrogen) atoms. The van der Waals surface area contributed by atoms with Crippen molar-refractivity contribution in [2.24, 2.45) is 0 Å². The van der Waals surface area contributed by atoms with Crippen molar-refractivity contribution < 1.29 is 4.79 Å². The summed E-state index contributed by atoms with van der Waals surface area (Å²) < 4.78 is 0. The van der Waals surface area contributed by atoms with Gasteiger partial charge in [0.05, 0.1) is 0 Å². The molecule has 3 nitrogen and oxygen atoms in total. The molecule has 2 rings (SSSR count). The maximum atomic E-state index is 11.1. The molecule has 1 aromatic carbocycles. The molecule has 1 heterocycles. The third-order valence-electron chi connectivity index (χ3n) is 2.85. The molecule has 1 aliphatic rings. The monoisotopic (exact) mass is 250 g/mol. The number of carbonyl (C=O) groups excluding carboxylic acids is 1. The number of hydrogen-bond acceptors (Lipinski definition) is 3. The van der Waals surface area contributed by atoms with E-state index in [-0.39, 0.29) is 5.91 Å². The molecule has 0 bridgehead atoms. The van der Waals surface area contributed by atoms with Crippen molar-refractivity contribution in [2.45, 2.75) is 26.3 Å². The lowest BCUT2D eigenvalue weighted by atomic mass is 10.1. The zero-order valence-electron chi connectivity index (χ0n) is 10.2. The molecule has 1 fully saturated rings. The van der Waals surface area contributed by atoms with Crippen molar-refractivity contribution in [1.29, 1.82) is 0 Å². The van der Waals surface area contributed by atoms with Gasteiger partial charge >= 0.3 is 0 Å². The average Bonchev–Trinajstić information content (AvgIpc) is 2.75. The predicted octanol–water partition coefficient (Wildman–Crippen LogP) is 2.87. The van der Waals surface area contributed by atoms with Crippen LogP contribution in [0.25, 0.3) is 0 Å². The molecule has 0 aromatic heterocycles. The summed E-state index contributed by atoms with van der Waals surface area (Å²) in [5, 5.41) is 6.36. The number of amides is 1. The van der Waals surface area contributed by atoms with Crippen LogP contribution in [0.15, 0.2) is 18.2 Å². The molecule has 0 saturated carbocycles. The smallest absolute Gasteiger partial charge is 0.221 e. The first kappa shape index (κ1) is 12.3. The van der Waals surface area contributed by atoms with Gasteiger partial charge in [-0.25, -0.2) is 0 Å². The van der Waals surface area contributed by atoms with Crippen molar-refractivity contribution in [1.82, 2.24) is 0 Å². The zero-order valence-corrected chi connectivity index (χ0v) is 11.1. The van der Waals surface area contributed by atoms with Crippen LogP contribution in [0.3, 0.4) is 0 Å². The van der Waals surface area contributed by atoms with E-state index in [4.69, 9.17) is 0 Å². The molecule has 1 atom stereocenters. The molecule has 0 radical (unpaired) electrons. The maximum Gasteiger partial charge on any atom is 0.221 e. The topological polar surface area (TPSA) is 41.1 Å². The van der Waals surface area contributed by atoms with Gasteiger partial charge in [-0.15, -0.1) is 0 Å². The lowest BCUT2D eigenvalue weighted by Gasteiger charge is -2.15. The van der Waals surface area contributed by atoms with Gasteiger partial charge < -0.3 is 10.6 Å². The quantitative estimate of drug-likeness (QED) is 0.866. The summed E-state index contributed by atoms with van der Waals surface area (Å²) in [7, 11) is 0. The number of carbonyl (C=O) groups is 1. The molecule has 0 aliphatic carbocycles. The Morgan fingerprint density at radius 3 is 2.94 bits per heavy atom. The number of aryl methyl sites for hydroxylation is 1. The number of hydrogen-bond donors (Lipinski definition) is 2. The van der Waals surface area contributed by atoms with Gasteiger partial charge in [0.25, 0.3) is 0 Å². The van der Waals surface area contributed by atoms with Crippen molar-refractivity contribution in [3.8, 4) is 0 Å². The van der Waals surface area contributed by atoms with Crippen LogP contribution in [0, 0.1) is 6.92 Å². The number of benzene rings is 1. The number of nitrogens with one attached hydrogen (secondary N) is 2. The molecule has 4 heteroatoms. The van der Waals surface area contributed by atoms with Gasteiger partial charge in [-0.1, -0.05) is 6.07 Å². The molecule has 2 N–H and O–H groups in total. The highest BCUT2D eigenvalue weighted by molar-refractivity contribution is 7.99. The minimum absolute atomic E-state index is 0.0262. The van der Waals surface area contributed by atoms with E-state index < -0.39 is 0 Å². The van der Waals surface area contributed by atoms with Gasteiger partial charge in [-0.3, -0.25) is 4.79 Å². The van der Waals surface area contributed by atoms with Gasteiger partial charge in [0.1, 0.15) is 0 Å². The molecule has 0 spiro atoms. The van der Waals surface area contributed by atoms with Gasteiger partial charge in [0.15, 0.2) is 0 Å². The number of rotatable bonds is 3. The second-order valence-electron chi connectivity index (χ2n) is 4.42. The fraction of sp³-hybridized carbons (Fsp3) is 0.462. The fourth-order valence-electron chi connectivity index (χ4n) is 1.92. The van der Waals surface area contributed by atoms with E-state index >= 15 is 0 Å². The molecule has 1 amide bonds.